The molecule has 2 aromatic heterocycles. The highest BCUT2D eigenvalue weighted by Gasteiger charge is 2.58. The Labute approximate surface area is 166 Å². The van der Waals surface area contributed by atoms with Gasteiger partial charge in [0.15, 0.2) is 5.41 Å². The Morgan fingerprint density at radius 1 is 1.29 bits per heavy atom. The molecule has 0 saturated heterocycles. The zero-order valence-corrected chi connectivity index (χ0v) is 16.1. The zero-order chi connectivity index (χ0) is 19.5. The lowest BCUT2D eigenvalue weighted by molar-refractivity contribution is -0.122. The van der Waals surface area contributed by atoms with Gasteiger partial charge in [0.05, 0.1) is 19.9 Å². The molecule has 1 spiro atoms. The summed E-state index contributed by atoms with van der Waals surface area (Å²) in [6, 6.07) is 11.3. The Morgan fingerprint density at radius 3 is 2.86 bits per heavy atom. The van der Waals surface area contributed by atoms with Crippen molar-refractivity contribution in [3.05, 3.63) is 64.8 Å². The summed E-state index contributed by atoms with van der Waals surface area (Å²) in [6.07, 6.45) is 1.58. The van der Waals surface area contributed by atoms with Crippen LogP contribution in [-0.4, -0.2) is 34.2 Å². The highest BCUT2D eigenvalue weighted by atomic mass is 35.5. The van der Waals surface area contributed by atoms with Gasteiger partial charge >= 0.3 is 0 Å². The topological polar surface area (TPSA) is 69.5 Å². The first-order valence-electron chi connectivity index (χ1n) is 8.82. The van der Waals surface area contributed by atoms with Crippen molar-refractivity contribution in [2.45, 2.75) is 12.0 Å². The molecule has 1 amide bonds. The maximum absolute atomic E-state index is 13.8. The second kappa shape index (κ2) is 5.97. The van der Waals surface area contributed by atoms with Gasteiger partial charge in [-0.1, -0.05) is 29.8 Å². The van der Waals surface area contributed by atoms with E-state index in [0.717, 1.165) is 11.3 Å². The Hall–Kier alpha value is -3.06. The van der Waals surface area contributed by atoms with Crippen molar-refractivity contribution in [2.24, 2.45) is 7.05 Å². The average molecular weight is 397 g/mol. The molecule has 0 N–H and O–H groups in total. The number of ether oxygens (including phenoxy) is 2. The van der Waals surface area contributed by atoms with E-state index in [9.17, 15) is 4.79 Å². The lowest BCUT2D eigenvalue weighted by atomic mass is 9.80. The van der Waals surface area contributed by atoms with E-state index in [4.69, 9.17) is 21.1 Å². The van der Waals surface area contributed by atoms with E-state index < -0.39 is 5.41 Å². The fraction of sp³-hybridized carbons (Fsp3) is 0.250. The Morgan fingerprint density at radius 2 is 2.11 bits per heavy atom. The maximum Gasteiger partial charge on any atom is 0.247 e. The minimum atomic E-state index is -0.991. The Balaban J connectivity index is 1.66. The number of para-hydroxylation sites is 1. The number of imidazole rings is 1. The van der Waals surface area contributed by atoms with Gasteiger partial charge in [-0.25, -0.2) is 9.97 Å². The molecule has 3 aromatic rings. The van der Waals surface area contributed by atoms with Gasteiger partial charge in [-0.15, -0.1) is 0 Å². The number of hydrogen-bond acceptors (Lipinski definition) is 5. The standard InChI is InChI=1S/C20H17ClN4O3/c1-24-15(21)9-22-16(24)10-25-13-6-4-3-5-12(13)20(19(25)26)11-28-14-7-8-17(27-2)23-18(14)20/h3-9H,10-11H2,1-2H3. The number of rotatable bonds is 3. The van der Waals surface area contributed by atoms with E-state index in [0.29, 0.717) is 34.8 Å². The van der Waals surface area contributed by atoms with Gasteiger partial charge in [0.2, 0.25) is 11.8 Å². The van der Waals surface area contributed by atoms with Crippen molar-refractivity contribution >= 4 is 23.2 Å². The highest BCUT2D eigenvalue weighted by Crippen LogP contribution is 2.52. The summed E-state index contributed by atoms with van der Waals surface area (Å²) in [5, 5.41) is 0.519. The molecule has 0 fully saturated rings. The van der Waals surface area contributed by atoms with Crippen molar-refractivity contribution in [3.63, 3.8) is 0 Å². The monoisotopic (exact) mass is 396 g/mol. The zero-order valence-electron chi connectivity index (χ0n) is 15.3. The van der Waals surface area contributed by atoms with Gasteiger partial charge in [-0.2, -0.15) is 0 Å². The van der Waals surface area contributed by atoms with Crippen LogP contribution in [0.1, 0.15) is 17.1 Å². The normalized spacial score (nSPS) is 19.7. The molecule has 1 atom stereocenters. The van der Waals surface area contributed by atoms with Crippen LogP contribution in [0.2, 0.25) is 5.15 Å². The first-order valence-corrected chi connectivity index (χ1v) is 9.20. The van der Waals surface area contributed by atoms with Gasteiger partial charge < -0.3 is 18.9 Å². The van der Waals surface area contributed by atoms with Crippen molar-refractivity contribution < 1.29 is 14.3 Å². The van der Waals surface area contributed by atoms with Crippen molar-refractivity contribution in [2.75, 3.05) is 18.6 Å². The van der Waals surface area contributed by atoms with Gasteiger partial charge in [-0.05, 0) is 12.1 Å². The molecule has 142 valence electrons. The summed E-state index contributed by atoms with van der Waals surface area (Å²) in [7, 11) is 3.38. The lowest BCUT2D eigenvalue weighted by Crippen LogP contribution is -2.43. The molecule has 0 aliphatic carbocycles. The van der Waals surface area contributed by atoms with E-state index in [1.54, 1.807) is 34.9 Å². The third-order valence-corrected chi connectivity index (χ3v) is 5.83. The summed E-state index contributed by atoms with van der Waals surface area (Å²) in [5.41, 5.74) is 1.30. The number of hydrogen-bond donors (Lipinski definition) is 0. The summed E-state index contributed by atoms with van der Waals surface area (Å²) < 4.78 is 12.9. The molecule has 8 heteroatoms. The Kier molecular flexibility index (Phi) is 3.64. The van der Waals surface area contributed by atoms with E-state index in [2.05, 4.69) is 9.97 Å². The number of carbonyl (C=O) groups excluding carboxylic acids is 1. The molecule has 0 saturated carbocycles. The van der Waals surface area contributed by atoms with Crippen molar-refractivity contribution in [1.29, 1.82) is 0 Å². The molecule has 4 heterocycles. The average Bonchev–Trinajstić information content (AvgIpc) is 3.33. The van der Waals surface area contributed by atoms with Gasteiger partial charge in [0.25, 0.3) is 0 Å². The first kappa shape index (κ1) is 17.1. The van der Waals surface area contributed by atoms with Crippen molar-refractivity contribution in [3.8, 4) is 11.6 Å². The number of benzene rings is 1. The van der Waals surface area contributed by atoms with E-state index in [1.165, 1.54) is 0 Å². The van der Waals surface area contributed by atoms with E-state index in [-0.39, 0.29) is 12.5 Å². The molecular weight excluding hydrogens is 380 g/mol. The predicted octanol–water partition coefficient (Wildman–Crippen LogP) is 2.70. The number of methoxy groups -OCH3 is 1. The highest BCUT2D eigenvalue weighted by molar-refractivity contribution is 6.29. The number of amides is 1. The molecule has 1 aromatic carbocycles. The van der Waals surface area contributed by atoms with Crippen LogP contribution in [0.15, 0.2) is 42.6 Å². The minimum absolute atomic E-state index is 0.0904. The molecule has 28 heavy (non-hydrogen) atoms. The van der Waals surface area contributed by atoms with Crippen LogP contribution in [0.5, 0.6) is 11.6 Å². The van der Waals surface area contributed by atoms with Gasteiger partial charge in [0, 0.05) is 24.4 Å². The number of fused-ring (bicyclic) bond motifs is 4. The molecule has 2 aliphatic rings. The van der Waals surface area contributed by atoms with Crippen LogP contribution in [0, 0.1) is 0 Å². The molecule has 2 aliphatic heterocycles. The number of halogens is 1. The fourth-order valence-electron chi connectivity index (χ4n) is 3.98. The lowest BCUT2D eigenvalue weighted by Gasteiger charge is -2.22. The van der Waals surface area contributed by atoms with E-state index >= 15 is 0 Å². The van der Waals surface area contributed by atoms with Crippen LogP contribution in [0.25, 0.3) is 0 Å². The second-order valence-electron chi connectivity index (χ2n) is 6.86. The Bertz CT molecular complexity index is 1110. The number of anilines is 1. The first-order chi connectivity index (χ1) is 13.6. The minimum Gasteiger partial charge on any atom is -0.490 e. The largest absolute Gasteiger partial charge is 0.490 e. The van der Waals surface area contributed by atoms with E-state index in [1.807, 2.05) is 31.3 Å². The van der Waals surface area contributed by atoms with Crippen LogP contribution in [-0.2, 0) is 23.8 Å². The van der Waals surface area contributed by atoms with Gasteiger partial charge in [-0.3, -0.25) is 4.79 Å². The van der Waals surface area contributed by atoms with Crippen LogP contribution in [0.3, 0.4) is 0 Å². The second-order valence-corrected chi connectivity index (χ2v) is 7.25. The molecule has 0 bridgehead atoms. The van der Waals surface area contributed by atoms with Gasteiger partial charge in [0.1, 0.15) is 29.0 Å². The molecule has 1 unspecified atom stereocenters. The smallest absolute Gasteiger partial charge is 0.247 e. The number of nitrogens with zero attached hydrogens (tertiary/aromatic N) is 4. The molecule has 7 nitrogen and oxygen atoms in total. The molecule has 0 radical (unpaired) electrons. The number of aromatic nitrogens is 3. The van der Waals surface area contributed by atoms with Crippen LogP contribution >= 0.6 is 11.6 Å². The summed E-state index contributed by atoms with van der Waals surface area (Å²) in [5.74, 6) is 1.66. The number of carbonyl (C=O) groups is 1. The van der Waals surface area contributed by atoms with Crippen LogP contribution < -0.4 is 14.4 Å². The summed E-state index contributed by atoms with van der Waals surface area (Å²) >= 11 is 6.13. The SMILES string of the molecule is COc1ccc2c(n1)C1(CO2)C(=O)N(Cc2ncc(Cl)n2C)c2ccccc21. The third-order valence-electron chi connectivity index (χ3n) is 5.48. The number of pyridine rings is 1. The fourth-order valence-corrected chi connectivity index (χ4v) is 4.13. The quantitative estimate of drug-likeness (QED) is 0.680. The molecular formula is C20H17ClN4O3. The summed E-state index contributed by atoms with van der Waals surface area (Å²) in [6.45, 7) is 0.510. The van der Waals surface area contributed by atoms with Crippen LogP contribution in [0.4, 0.5) is 5.69 Å². The maximum atomic E-state index is 13.8. The molecule has 5 rings (SSSR count). The van der Waals surface area contributed by atoms with Crippen molar-refractivity contribution in [1.82, 2.24) is 14.5 Å². The predicted molar refractivity (Wildman–Crippen MR) is 103 cm³/mol. The third kappa shape index (κ3) is 2.13. The summed E-state index contributed by atoms with van der Waals surface area (Å²) in [4.78, 5) is 24.4.